The Morgan fingerprint density at radius 2 is 0.867 bits per heavy atom. The molecule has 0 aliphatic carbocycles. The van der Waals surface area contributed by atoms with Crippen molar-refractivity contribution < 1.29 is 4.42 Å². The molecule has 7 aromatic carbocycles. The molecule has 0 saturated heterocycles. The van der Waals surface area contributed by atoms with Crippen molar-refractivity contribution >= 4 is 65.6 Å². The molecule has 10 aromatic rings. The van der Waals surface area contributed by atoms with Gasteiger partial charge in [0.15, 0.2) is 0 Å². The molecule has 0 unspecified atom stereocenters. The Morgan fingerprint density at radius 1 is 0.311 bits per heavy atom. The highest BCUT2D eigenvalue weighted by Crippen LogP contribution is 2.40. The van der Waals surface area contributed by atoms with Crippen molar-refractivity contribution in [2.75, 3.05) is 0 Å². The Balaban J connectivity index is 1.27. The van der Waals surface area contributed by atoms with E-state index in [1.54, 1.807) is 0 Å². The minimum Gasteiger partial charge on any atom is -0.456 e. The van der Waals surface area contributed by atoms with Gasteiger partial charge in [-0.15, -0.1) is 0 Å². The van der Waals surface area contributed by atoms with Gasteiger partial charge in [0.2, 0.25) is 0 Å². The summed E-state index contributed by atoms with van der Waals surface area (Å²) < 4.78 is 11.1. The number of rotatable bonds is 3. The molecule has 0 atom stereocenters. The average Bonchev–Trinajstić information content (AvgIpc) is 3.74. The van der Waals surface area contributed by atoms with Gasteiger partial charge in [0.25, 0.3) is 0 Å². The van der Waals surface area contributed by atoms with Crippen LogP contribution in [0.25, 0.3) is 88.1 Å². The fourth-order valence-corrected chi connectivity index (χ4v) is 7.30. The maximum atomic E-state index is 6.32. The second-order valence-electron chi connectivity index (χ2n) is 11.8. The van der Waals surface area contributed by atoms with E-state index in [4.69, 9.17) is 4.42 Å². The fourth-order valence-electron chi connectivity index (χ4n) is 7.30. The van der Waals surface area contributed by atoms with Gasteiger partial charge in [-0.3, -0.25) is 0 Å². The minimum atomic E-state index is 0.899. The lowest BCUT2D eigenvalue weighted by Crippen LogP contribution is -1.95. The van der Waals surface area contributed by atoms with Crippen molar-refractivity contribution in [2.45, 2.75) is 0 Å². The van der Waals surface area contributed by atoms with Crippen molar-refractivity contribution in [1.29, 1.82) is 0 Å². The summed E-state index contributed by atoms with van der Waals surface area (Å²) in [6.45, 7) is 0. The van der Waals surface area contributed by atoms with Crippen LogP contribution in [0.2, 0.25) is 0 Å². The molecular formula is C42H26N2O. The number of furan rings is 1. The number of nitrogens with zero attached hydrogens (tertiary/aromatic N) is 2. The number of benzene rings is 7. The zero-order valence-corrected chi connectivity index (χ0v) is 24.3. The van der Waals surface area contributed by atoms with E-state index in [2.05, 4.69) is 155 Å². The van der Waals surface area contributed by atoms with Gasteiger partial charge in [-0.2, -0.15) is 0 Å². The van der Waals surface area contributed by atoms with Crippen LogP contribution in [0.15, 0.2) is 162 Å². The SMILES string of the molecule is c1ccc(-c2cccc(-n3c4ccccc4c4cc5c(cc43)c3ccccc3n5-c3ccc4c(c3)oc3ccccc34)c2)cc1. The molecule has 0 saturated carbocycles. The Hall–Kier alpha value is -6.06. The van der Waals surface area contributed by atoms with Gasteiger partial charge in [-0.1, -0.05) is 97.1 Å². The van der Waals surface area contributed by atoms with E-state index in [9.17, 15) is 0 Å². The first kappa shape index (κ1) is 24.4. The molecule has 0 aliphatic rings. The highest BCUT2D eigenvalue weighted by molar-refractivity contribution is 6.19. The predicted molar refractivity (Wildman–Crippen MR) is 188 cm³/mol. The lowest BCUT2D eigenvalue weighted by Gasteiger charge is -2.11. The van der Waals surface area contributed by atoms with Crippen LogP contribution < -0.4 is 0 Å². The lowest BCUT2D eigenvalue weighted by atomic mass is 10.1. The lowest BCUT2D eigenvalue weighted by molar-refractivity contribution is 0.668. The summed E-state index contributed by atoms with van der Waals surface area (Å²) in [4.78, 5) is 0. The van der Waals surface area contributed by atoms with E-state index in [1.165, 1.54) is 54.7 Å². The second kappa shape index (κ2) is 9.22. The maximum absolute atomic E-state index is 6.32. The minimum absolute atomic E-state index is 0.899. The summed E-state index contributed by atoms with van der Waals surface area (Å²) in [6.07, 6.45) is 0. The fraction of sp³-hybridized carbons (Fsp3) is 0. The van der Waals surface area contributed by atoms with Gasteiger partial charge in [0.1, 0.15) is 11.2 Å². The first-order valence-corrected chi connectivity index (χ1v) is 15.4. The second-order valence-corrected chi connectivity index (χ2v) is 11.8. The molecule has 45 heavy (non-hydrogen) atoms. The van der Waals surface area contributed by atoms with Crippen molar-refractivity contribution in [3.05, 3.63) is 158 Å². The van der Waals surface area contributed by atoms with E-state index < -0.39 is 0 Å². The van der Waals surface area contributed by atoms with E-state index in [0.717, 1.165) is 33.3 Å². The molecule has 0 spiro atoms. The third kappa shape index (κ3) is 3.52. The first-order valence-electron chi connectivity index (χ1n) is 15.4. The summed E-state index contributed by atoms with van der Waals surface area (Å²) in [6, 6.07) is 56.6. The molecule has 0 radical (unpaired) electrons. The molecule has 0 fully saturated rings. The normalized spacial score (nSPS) is 12.0. The first-order chi connectivity index (χ1) is 22.3. The van der Waals surface area contributed by atoms with Gasteiger partial charge >= 0.3 is 0 Å². The number of para-hydroxylation sites is 3. The highest BCUT2D eigenvalue weighted by atomic mass is 16.3. The smallest absolute Gasteiger partial charge is 0.137 e. The van der Waals surface area contributed by atoms with Crippen LogP contribution in [0.1, 0.15) is 0 Å². The van der Waals surface area contributed by atoms with Crippen molar-refractivity contribution in [3.63, 3.8) is 0 Å². The predicted octanol–water partition coefficient (Wildman–Crippen LogP) is 11.4. The molecule has 0 amide bonds. The molecule has 210 valence electrons. The summed E-state index contributed by atoms with van der Waals surface area (Å²) >= 11 is 0. The summed E-state index contributed by atoms with van der Waals surface area (Å²) in [7, 11) is 0. The van der Waals surface area contributed by atoms with Crippen LogP contribution in [0.3, 0.4) is 0 Å². The van der Waals surface area contributed by atoms with E-state index in [0.29, 0.717) is 0 Å². The van der Waals surface area contributed by atoms with Gasteiger partial charge in [-0.05, 0) is 65.7 Å². The molecule has 0 aliphatic heterocycles. The Bertz CT molecular complexity index is 2760. The zero-order valence-electron chi connectivity index (χ0n) is 24.3. The summed E-state index contributed by atoms with van der Waals surface area (Å²) in [5, 5.41) is 7.21. The van der Waals surface area contributed by atoms with Gasteiger partial charge in [-0.25, -0.2) is 0 Å². The number of fused-ring (bicyclic) bond motifs is 9. The number of hydrogen-bond acceptors (Lipinski definition) is 1. The highest BCUT2D eigenvalue weighted by Gasteiger charge is 2.19. The van der Waals surface area contributed by atoms with Crippen LogP contribution in [-0.4, -0.2) is 9.13 Å². The van der Waals surface area contributed by atoms with Crippen molar-refractivity contribution in [2.24, 2.45) is 0 Å². The van der Waals surface area contributed by atoms with Crippen LogP contribution in [-0.2, 0) is 0 Å². The third-order valence-corrected chi connectivity index (χ3v) is 9.30. The topological polar surface area (TPSA) is 23.0 Å². The Kier molecular flexibility index (Phi) is 5.00. The van der Waals surface area contributed by atoms with E-state index in [-0.39, 0.29) is 0 Å². The number of hydrogen-bond donors (Lipinski definition) is 0. The van der Waals surface area contributed by atoms with Gasteiger partial charge in [0.05, 0.1) is 22.1 Å². The van der Waals surface area contributed by atoms with Crippen LogP contribution >= 0.6 is 0 Å². The molecule has 3 heteroatoms. The van der Waals surface area contributed by atoms with Gasteiger partial charge in [0, 0.05) is 49.8 Å². The Morgan fingerprint density at radius 3 is 1.58 bits per heavy atom. The largest absolute Gasteiger partial charge is 0.456 e. The standard InChI is InChI=1S/C42H26N2O/c1-2-11-27(12-3-1)28-13-10-14-29(23-28)43-37-18-7-4-15-31(37)35-26-40-36(25-39(35)43)32-16-5-8-19-38(32)44(40)30-21-22-34-33-17-6-9-20-41(33)45-42(34)24-30/h1-26H. The maximum Gasteiger partial charge on any atom is 0.137 e. The third-order valence-electron chi connectivity index (χ3n) is 9.30. The Labute approximate surface area is 258 Å². The van der Waals surface area contributed by atoms with Crippen LogP contribution in [0.4, 0.5) is 0 Å². The molecular weight excluding hydrogens is 548 g/mol. The summed E-state index contributed by atoms with van der Waals surface area (Å²) in [5.74, 6) is 0. The molecule has 3 heterocycles. The van der Waals surface area contributed by atoms with E-state index >= 15 is 0 Å². The van der Waals surface area contributed by atoms with Crippen LogP contribution in [0.5, 0.6) is 0 Å². The van der Waals surface area contributed by atoms with E-state index in [1.807, 2.05) is 12.1 Å². The molecule has 0 N–H and O–H groups in total. The quantitative estimate of drug-likeness (QED) is 0.206. The van der Waals surface area contributed by atoms with Crippen molar-refractivity contribution in [1.82, 2.24) is 9.13 Å². The molecule has 3 nitrogen and oxygen atoms in total. The summed E-state index contributed by atoms with van der Waals surface area (Å²) in [5.41, 5.74) is 11.2. The van der Waals surface area contributed by atoms with Gasteiger partial charge < -0.3 is 13.6 Å². The molecule has 0 bridgehead atoms. The average molecular weight is 575 g/mol. The monoisotopic (exact) mass is 574 g/mol. The number of aromatic nitrogens is 2. The molecule has 10 rings (SSSR count). The van der Waals surface area contributed by atoms with Crippen LogP contribution in [0, 0.1) is 0 Å². The van der Waals surface area contributed by atoms with Crippen molar-refractivity contribution in [3.8, 4) is 22.5 Å². The zero-order chi connectivity index (χ0) is 29.5. The molecule has 3 aromatic heterocycles.